The zero-order chi connectivity index (χ0) is 21.5. The van der Waals surface area contributed by atoms with Gasteiger partial charge in [0.2, 0.25) is 0 Å². The summed E-state index contributed by atoms with van der Waals surface area (Å²) in [6.07, 6.45) is -3.95. The Labute approximate surface area is 171 Å². The van der Waals surface area contributed by atoms with Crippen LogP contribution in [-0.4, -0.2) is 31.8 Å². The van der Waals surface area contributed by atoms with Crippen LogP contribution in [0.3, 0.4) is 0 Å². The Kier molecular flexibility index (Phi) is 5.21. The first kappa shape index (κ1) is 20.3. The highest BCUT2D eigenvalue weighted by molar-refractivity contribution is 5.96. The largest absolute Gasteiger partial charge is 0.481 e. The van der Waals surface area contributed by atoms with Gasteiger partial charge in [-0.15, -0.1) is 0 Å². The number of fused-ring (bicyclic) bond motifs is 1. The number of ether oxygens (including phenoxy) is 1. The van der Waals surface area contributed by atoms with E-state index in [1.807, 2.05) is 30.0 Å². The van der Waals surface area contributed by atoms with Gasteiger partial charge >= 0.3 is 6.18 Å². The number of hydrogen-bond acceptors (Lipinski definition) is 4. The van der Waals surface area contributed by atoms with E-state index in [0.29, 0.717) is 18.8 Å². The predicted molar refractivity (Wildman–Crippen MR) is 106 cm³/mol. The lowest BCUT2D eigenvalue weighted by Gasteiger charge is -2.34. The molecule has 0 radical (unpaired) electrons. The molecule has 4 rings (SSSR count). The van der Waals surface area contributed by atoms with Crippen molar-refractivity contribution in [1.29, 1.82) is 0 Å². The quantitative estimate of drug-likeness (QED) is 0.684. The van der Waals surface area contributed by atoms with E-state index < -0.39 is 23.8 Å². The van der Waals surface area contributed by atoms with E-state index in [1.165, 1.54) is 6.07 Å². The van der Waals surface area contributed by atoms with Crippen LogP contribution in [0.1, 0.15) is 18.4 Å². The number of benzene rings is 2. The Hall–Kier alpha value is -2.97. The molecule has 2 aliphatic rings. The van der Waals surface area contributed by atoms with E-state index in [1.54, 1.807) is 6.07 Å². The number of aryl methyl sites for hydroxylation is 1. The molecule has 1 saturated heterocycles. The molecule has 30 heavy (non-hydrogen) atoms. The molecular weight excluding hydrogens is 402 g/mol. The zero-order valence-corrected chi connectivity index (χ0v) is 16.3. The number of anilines is 4. The second kappa shape index (κ2) is 7.70. The van der Waals surface area contributed by atoms with Crippen molar-refractivity contribution >= 4 is 28.7 Å². The van der Waals surface area contributed by atoms with Gasteiger partial charge in [-0.25, -0.2) is 4.39 Å². The third kappa shape index (κ3) is 4.15. The molecule has 0 aromatic heterocycles. The molecule has 0 bridgehead atoms. The first-order valence-corrected chi connectivity index (χ1v) is 9.66. The molecule has 2 aromatic rings. The molecular formula is C21H21F4N3O2. The maximum atomic E-state index is 14.3. The molecule has 1 amide bonds. The third-order valence-corrected chi connectivity index (χ3v) is 5.49. The Morgan fingerprint density at radius 2 is 1.90 bits per heavy atom. The molecule has 2 aromatic carbocycles. The molecule has 2 N–H and O–H groups in total. The summed E-state index contributed by atoms with van der Waals surface area (Å²) in [7, 11) is 0. The number of carbonyl (C=O) groups is 1. The standard InChI is InChI=1S/C21H21F4N3O2/c1-12-8-15(28-6-4-13(5-7-28)21(23,24)25)2-3-17(12)26-14-9-16(22)20-18(10-14)30-11-19(29)27-20/h2-3,8-10,13,26H,4-7,11H2,1H3,(H,27,29). The third-order valence-electron chi connectivity index (χ3n) is 5.49. The lowest BCUT2D eigenvalue weighted by molar-refractivity contribution is -0.179. The SMILES string of the molecule is Cc1cc(N2CCC(C(F)(F)F)CC2)ccc1Nc1cc(F)c2c(c1)OCC(=O)N2. The number of amides is 1. The summed E-state index contributed by atoms with van der Waals surface area (Å²) in [6, 6.07) is 8.44. The van der Waals surface area contributed by atoms with Gasteiger partial charge in [0, 0.05) is 36.2 Å². The Balaban J connectivity index is 1.47. The number of alkyl halides is 3. The summed E-state index contributed by atoms with van der Waals surface area (Å²) in [6.45, 7) is 2.42. The summed E-state index contributed by atoms with van der Waals surface area (Å²) < 4.78 is 58.2. The van der Waals surface area contributed by atoms with Crippen molar-refractivity contribution in [2.24, 2.45) is 5.92 Å². The number of nitrogens with zero attached hydrogens (tertiary/aromatic N) is 1. The van der Waals surface area contributed by atoms with E-state index >= 15 is 0 Å². The van der Waals surface area contributed by atoms with Gasteiger partial charge in [-0.05, 0) is 49.6 Å². The highest BCUT2D eigenvalue weighted by Crippen LogP contribution is 2.37. The predicted octanol–water partition coefficient (Wildman–Crippen LogP) is 4.99. The van der Waals surface area contributed by atoms with Crippen molar-refractivity contribution in [3.8, 4) is 5.75 Å². The lowest BCUT2D eigenvalue weighted by Crippen LogP contribution is -2.39. The maximum Gasteiger partial charge on any atom is 0.391 e. The average Bonchev–Trinajstić information content (AvgIpc) is 2.70. The summed E-state index contributed by atoms with van der Waals surface area (Å²) >= 11 is 0. The zero-order valence-electron chi connectivity index (χ0n) is 16.3. The van der Waals surface area contributed by atoms with Crippen molar-refractivity contribution in [2.75, 3.05) is 35.2 Å². The van der Waals surface area contributed by atoms with Gasteiger partial charge in [-0.1, -0.05) is 0 Å². The van der Waals surface area contributed by atoms with Crippen molar-refractivity contribution in [1.82, 2.24) is 0 Å². The molecule has 2 aliphatic heterocycles. The molecule has 0 unspecified atom stereocenters. The van der Waals surface area contributed by atoms with Gasteiger partial charge in [0.25, 0.3) is 5.91 Å². The highest BCUT2D eigenvalue weighted by atomic mass is 19.4. The second-order valence-corrected chi connectivity index (χ2v) is 7.60. The van der Waals surface area contributed by atoms with Crippen LogP contribution in [0.15, 0.2) is 30.3 Å². The number of carbonyl (C=O) groups excluding carboxylic acids is 1. The van der Waals surface area contributed by atoms with Gasteiger partial charge in [0.1, 0.15) is 11.4 Å². The fourth-order valence-electron chi connectivity index (χ4n) is 3.81. The number of nitrogens with one attached hydrogen (secondary N) is 2. The van der Waals surface area contributed by atoms with E-state index in [9.17, 15) is 22.4 Å². The minimum absolute atomic E-state index is 0.0196. The van der Waals surface area contributed by atoms with Gasteiger partial charge in [0.15, 0.2) is 12.4 Å². The molecule has 5 nitrogen and oxygen atoms in total. The number of rotatable bonds is 3. The monoisotopic (exact) mass is 423 g/mol. The Morgan fingerprint density at radius 1 is 1.17 bits per heavy atom. The molecule has 9 heteroatoms. The van der Waals surface area contributed by atoms with Crippen LogP contribution in [0.5, 0.6) is 5.75 Å². The molecule has 2 heterocycles. The lowest BCUT2D eigenvalue weighted by atomic mass is 9.96. The minimum Gasteiger partial charge on any atom is -0.481 e. The van der Waals surface area contributed by atoms with Gasteiger partial charge < -0.3 is 20.3 Å². The molecule has 0 atom stereocenters. The molecule has 160 valence electrons. The van der Waals surface area contributed by atoms with Gasteiger partial charge in [-0.2, -0.15) is 13.2 Å². The van der Waals surface area contributed by atoms with Crippen LogP contribution in [0.2, 0.25) is 0 Å². The molecule has 0 spiro atoms. The van der Waals surface area contributed by atoms with Crippen molar-refractivity contribution in [3.63, 3.8) is 0 Å². The van der Waals surface area contributed by atoms with E-state index in [2.05, 4.69) is 10.6 Å². The Morgan fingerprint density at radius 3 is 2.57 bits per heavy atom. The fraction of sp³-hybridized carbons (Fsp3) is 0.381. The topological polar surface area (TPSA) is 53.6 Å². The first-order chi connectivity index (χ1) is 14.2. The maximum absolute atomic E-state index is 14.3. The van der Waals surface area contributed by atoms with Crippen molar-refractivity contribution in [3.05, 3.63) is 41.7 Å². The summed E-state index contributed by atoms with van der Waals surface area (Å²) in [5.41, 5.74) is 2.96. The average molecular weight is 423 g/mol. The van der Waals surface area contributed by atoms with Gasteiger partial charge in [-0.3, -0.25) is 4.79 Å². The molecule has 0 saturated carbocycles. The minimum atomic E-state index is -4.13. The van der Waals surface area contributed by atoms with Crippen LogP contribution in [0, 0.1) is 18.7 Å². The van der Waals surface area contributed by atoms with Crippen LogP contribution < -0.4 is 20.3 Å². The van der Waals surface area contributed by atoms with E-state index in [0.717, 1.165) is 16.9 Å². The van der Waals surface area contributed by atoms with E-state index in [-0.39, 0.29) is 30.9 Å². The smallest absolute Gasteiger partial charge is 0.391 e. The summed E-state index contributed by atoms with van der Waals surface area (Å²) in [4.78, 5) is 13.3. The fourth-order valence-corrected chi connectivity index (χ4v) is 3.81. The normalized spacial score (nSPS) is 17.2. The van der Waals surface area contributed by atoms with Crippen molar-refractivity contribution in [2.45, 2.75) is 25.9 Å². The Bertz CT molecular complexity index is 969. The molecule has 1 fully saturated rings. The number of halogens is 4. The molecule has 0 aliphatic carbocycles. The van der Waals surface area contributed by atoms with Crippen LogP contribution >= 0.6 is 0 Å². The highest BCUT2D eigenvalue weighted by Gasteiger charge is 2.41. The van der Waals surface area contributed by atoms with E-state index in [4.69, 9.17) is 4.74 Å². The van der Waals surface area contributed by atoms with Crippen LogP contribution in [-0.2, 0) is 4.79 Å². The number of piperidine rings is 1. The summed E-state index contributed by atoms with van der Waals surface area (Å²) in [5.74, 6) is -2.00. The van der Waals surface area contributed by atoms with Crippen LogP contribution in [0.25, 0.3) is 0 Å². The summed E-state index contributed by atoms with van der Waals surface area (Å²) in [5, 5.41) is 5.58. The van der Waals surface area contributed by atoms with Crippen molar-refractivity contribution < 1.29 is 27.1 Å². The first-order valence-electron chi connectivity index (χ1n) is 9.66. The van der Waals surface area contributed by atoms with Crippen LogP contribution in [0.4, 0.5) is 40.3 Å². The number of hydrogen-bond donors (Lipinski definition) is 2. The van der Waals surface area contributed by atoms with Gasteiger partial charge in [0.05, 0.1) is 5.92 Å². The second-order valence-electron chi connectivity index (χ2n) is 7.60.